The van der Waals surface area contributed by atoms with E-state index in [0.717, 1.165) is 5.69 Å². The summed E-state index contributed by atoms with van der Waals surface area (Å²) in [6.07, 6.45) is 0. The van der Waals surface area contributed by atoms with Gasteiger partial charge in [0.15, 0.2) is 0 Å². The average Bonchev–Trinajstić information content (AvgIpc) is 2.17. The molecule has 0 saturated heterocycles. The quantitative estimate of drug-likeness (QED) is 0.212. The topological polar surface area (TPSA) is 95.7 Å². The van der Waals surface area contributed by atoms with Crippen molar-refractivity contribution in [2.24, 2.45) is 0 Å². The number of rotatable bonds is 4. The van der Waals surface area contributed by atoms with Crippen molar-refractivity contribution in [3.8, 4) is 0 Å². The molecule has 0 aliphatic rings. The Morgan fingerprint density at radius 1 is 0.812 bits per heavy atom. The van der Waals surface area contributed by atoms with Crippen molar-refractivity contribution >= 4 is 39.9 Å². The fourth-order valence-corrected chi connectivity index (χ4v) is 1.21. The van der Waals surface area contributed by atoms with Crippen LogP contribution in [-0.2, 0) is 0 Å². The van der Waals surface area contributed by atoms with Gasteiger partial charge in [0.1, 0.15) is 0 Å². The van der Waals surface area contributed by atoms with Gasteiger partial charge in [-0.3, -0.25) is 0 Å². The van der Waals surface area contributed by atoms with Gasteiger partial charge in [-0.05, 0) is 18.2 Å². The predicted octanol–water partition coefficient (Wildman–Crippen LogP) is 2.71. The molecule has 16 heavy (non-hydrogen) atoms. The second-order valence-corrected chi connectivity index (χ2v) is 2.81. The molecule has 0 radical (unpaired) electrons. The predicted molar refractivity (Wildman–Crippen MR) is 63.1 cm³/mol. The Labute approximate surface area is 179 Å². The molecule has 0 spiro atoms. The van der Waals surface area contributed by atoms with Crippen LogP contribution in [0.15, 0.2) is 18.2 Å². The van der Waals surface area contributed by atoms with E-state index in [4.69, 9.17) is 11.7 Å². The molecule has 1 rings (SSSR count). The van der Waals surface area contributed by atoms with Gasteiger partial charge in [0.25, 0.3) is 0 Å². The average molecular weight is 1010 g/mol. The van der Waals surface area contributed by atoms with Crippen LogP contribution in [0.4, 0.5) is 17.1 Å². The van der Waals surface area contributed by atoms with E-state index in [0.29, 0.717) is 11.4 Å². The summed E-state index contributed by atoms with van der Waals surface area (Å²) in [6.45, 7) is 0. The Kier molecular flexibility index (Phi) is 20.3. The van der Waals surface area contributed by atoms with Gasteiger partial charge in [-0.15, -0.1) is 0 Å². The second-order valence-electron chi connectivity index (χ2n) is 2.27. The van der Waals surface area contributed by atoms with Crippen LogP contribution in [-0.4, -0.2) is 0 Å². The summed E-state index contributed by atoms with van der Waals surface area (Å²) in [7, 11) is 0. The van der Waals surface area contributed by atoms with Crippen molar-refractivity contribution in [2.75, 3.05) is 16.3 Å². The van der Waals surface area contributed by atoms with E-state index in [1.165, 1.54) is 0 Å². The minimum absolute atomic E-state index is 0. The monoisotopic (exact) mass is 1010 g/mol. The first-order valence-electron chi connectivity index (χ1n) is 3.42. The molecule has 84 valence electrons. The number of hydrogen-bond acceptors (Lipinski definition) is 4. The molecule has 0 bridgehead atoms. The number of hydrogen-bond donors (Lipinski definition) is 4. The largest absolute Gasteiger partial charge is 0.586 e. The molecule has 6 nitrogen and oxygen atoms in total. The molecule has 6 N–H and O–H groups in total. The van der Waals surface area contributed by atoms with Gasteiger partial charge < -0.3 is 28.0 Å². The summed E-state index contributed by atoms with van der Waals surface area (Å²) >= 11 is 1.94. The maximum absolute atomic E-state index is 6.96. The molecule has 0 heterocycles. The standard InChI is InChI=1S/C6H9IN6.3U/c7-13-12-6-2-4(10-8)1-5(3-6)11-9;;;/h1-3,8-13H;;;/q-2;;;. The Morgan fingerprint density at radius 3 is 1.50 bits per heavy atom. The molecule has 0 fully saturated rings. The van der Waals surface area contributed by atoms with Crippen LogP contribution in [0.3, 0.4) is 0 Å². The van der Waals surface area contributed by atoms with Gasteiger partial charge in [-0.1, -0.05) is 0 Å². The van der Waals surface area contributed by atoms with E-state index >= 15 is 0 Å². The Morgan fingerprint density at radius 2 is 1.19 bits per heavy atom. The van der Waals surface area contributed by atoms with Crippen LogP contribution in [0.25, 0.3) is 11.7 Å². The summed E-state index contributed by atoms with van der Waals surface area (Å²) in [5, 5.41) is 0. The van der Waals surface area contributed by atoms with Gasteiger partial charge in [0.05, 0.1) is 5.69 Å². The summed E-state index contributed by atoms with van der Waals surface area (Å²) in [4.78, 5) is 0. The second kappa shape index (κ2) is 13.8. The molecular formula is C6H9IN6U3-2. The van der Waals surface area contributed by atoms with Crippen LogP contribution in [0.1, 0.15) is 0 Å². The van der Waals surface area contributed by atoms with Crippen LogP contribution < -0.4 is 19.9 Å². The Hall–Kier alpha value is 2.39. The van der Waals surface area contributed by atoms with Crippen molar-refractivity contribution in [3.63, 3.8) is 0 Å². The molecule has 0 amide bonds. The molecule has 0 atom stereocenters. The molecule has 0 aliphatic carbocycles. The third-order valence-corrected chi connectivity index (χ3v) is 1.68. The van der Waals surface area contributed by atoms with E-state index in [1.54, 1.807) is 18.2 Å². The van der Waals surface area contributed by atoms with Crippen molar-refractivity contribution in [3.05, 3.63) is 29.9 Å². The van der Waals surface area contributed by atoms with Crippen molar-refractivity contribution in [2.45, 2.75) is 0 Å². The molecule has 0 saturated carbocycles. The van der Waals surface area contributed by atoms with Gasteiger partial charge in [0, 0.05) is 128 Å². The summed E-state index contributed by atoms with van der Waals surface area (Å²) < 4.78 is 2.73. The maximum Gasteiger partial charge on any atom is 0.0535 e. The number of nitrogens with one attached hydrogen (secondary N) is 6. The van der Waals surface area contributed by atoms with Gasteiger partial charge in [0.2, 0.25) is 0 Å². The van der Waals surface area contributed by atoms with Gasteiger partial charge >= 0.3 is 0 Å². The van der Waals surface area contributed by atoms with E-state index in [2.05, 4.69) is 19.9 Å². The van der Waals surface area contributed by atoms with Crippen molar-refractivity contribution in [1.29, 1.82) is 0 Å². The minimum Gasteiger partial charge on any atom is -0.586 e. The number of hydrazine groups is 1. The van der Waals surface area contributed by atoms with Crippen molar-refractivity contribution < 1.29 is 93.3 Å². The first-order chi connectivity index (χ1) is 6.30. The third kappa shape index (κ3) is 8.48. The first kappa shape index (κ1) is 23.5. The van der Waals surface area contributed by atoms with Crippen LogP contribution in [0.5, 0.6) is 0 Å². The number of halogens is 1. The fourth-order valence-electron chi connectivity index (χ4n) is 0.899. The van der Waals surface area contributed by atoms with Crippen LogP contribution in [0, 0.1) is 93.3 Å². The van der Waals surface area contributed by atoms with Crippen LogP contribution in [0.2, 0.25) is 0 Å². The summed E-state index contributed by atoms with van der Waals surface area (Å²) in [6, 6.07) is 5.16. The zero-order valence-electron chi connectivity index (χ0n) is 8.11. The number of benzene rings is 1. The first-order valence-corrected chi connectivity index (χ1v) is 4.50. The van der Waals surface area contributed by atoms with Crippen molar-refractivity contribution in [1.82, 2.24) is 3.64 Å². The van der Waals surface area contributed by atoms with Gasteiger partial charge in [-0.25, -0.2) is 0 Å². The maximum atomic E-state index is 6.96. The molecule has 1 aromatic rings. The third-order valence-electron chi connectivity index (χ3n) is 1.41. The van der Waals surface area contributed by atoms with E-state index < -0.39 is 0 Å². The van der Waals surface area contributed by atoms with Crippen LogP contribution >= 0.6 is 22.9 Å². The van der Waals surface area contributed by atoms with E-state index in [1.807, 2.05) is 22.9 Å². The minimum atomic E-state index is 0. The Balaban J connectivity index is -0.000000563. The smallest absolute Gasteiger partial charge is 0.0535 e. The SMILES string of the molecule is [NH-]Nc1cc(N[NH-])cc(NNI)c1.[U].[U].[U]. The Bertz CT molecular complexity index is 267. The molecular weight excluding hydrogens is 997 g/mol. The molecule has 0 unspecified atom stereocenters. The summed E-state index contributed by atoms with van der Waals surface area (Å²) in [5.41, 5.74) is 9.37. The number of anilines is 3. The van der Waals surface area contributed by atoms with E-state index in [9.17, 15) is 0 Å². The van der Waals surface area contributed by atoms with Gasteiger partial charge in [-0.2, -0.15) is 3.64 Å². The molecule has 10 heteroatoms. The van der Waals surface area contributed by atoms with E-state index in [-0.39, 0.29) is 93.3 Å². The zero-order valence-corrected chi connectivity index (χ0v) is 22.8. The zero-order chi connectivity index (χ0) is 9.68. The normalized spacial score (nSPS) is 7.69. The summed E-state index contributed by atoms with van der Waals surface area (Å²) in [5.74, 6) is 13.9. The molecule has 1 aromatic carbocycles. The fraction of sp³-hybridized carbons (Fsp3) is 0. The molecule has 0 aromatic heterocycles. The molecule has 0 aliphatic heterocycles.